The zero-order valence-electron chi connectivity index (χ0n) is 14.2. The number of benzene rings is 1. The molecule has 0 radical (unpaired) electrons. The van der Waals surface area contributed by atoms with Crippen molar-refractivity contribution >= 4 is 34.7 Å². The molecule has 8 nitrogen and oxygen atoms in total. The Morgan fingerprint density at radius 1 is 1.27 bits per heavy atom. The molecule has 0 aliphatic carbocycles. The fourth-order valence-electron chi connectivity index (χ4n) is 2.36. The number of ether oxygens (including phenoxy) is 3. The highest BCUT2D eigenvalue weighted by atomic mass is 32.1. The summed E-state index contributed by atoms with van der Waals surface area (Å²) in [4.78, 5) is 39.8. The van der Waals surface area contributed by atoms with Gasteiger partial charge in [-0.25, -0.2) is 4.98 Å². The standard InChI is InChI=1S/C17H16N2O6S/c1-9(20)12-4-14-15(25-8-24-14)5-13(12)19-16(21)6-23-17(22)3-11-7-26-10(2)18-11/h4-5,7H,3,6,8H2,1-2H3,(H,19,21). The van der Waals surface area contributed by atoms with Crippen LogP contribution in [0.4, 0.5) is 5.69 Å². The SMILES string of the molecule is CC(=O)c1cc2c(cc1NC(=O)COC(=O)Cc1csc(C)n1)OCO2. The van der Waals surface area contributed by atoms with Gasteiger partial charge in [0, 0.05) is 17.0 Å². The van der Waals surface area contributed by atoms with Crippen LogP contribution in [0.1, 0.15) is 28.0 Å². The van der Waals surface area contributed by atoms with Crippen molar-refractivity contribution < 1.29 is 28.6 Å². The number of hydrogen-bond acceptors (Lipinski definition) is 8. The van der Waals surface area contributed by atoms with Crippen LogP contribution >= 0.6 is 11.3 Å². The normalized spacial score (nSPS) is 11.9. The Morgan fingerprint density at radius 2 is 2.00 bits per heavy atom. The van der Waals surface area contributed by atoms with Crippen LogP contribution in [0.2, 0.25) is 0 Å². The Morgan fingerprint density at radius 3 is 2.65 bits per heavy atom. The summed E-state index contributed by atoms with van der Waals surface area (Å²) in [5.41, 5.74) is 1.16. The van der Waals surface area contributed by atoms with E-state index in [0.717, 1.165) is 5.01 Å². The van der Waals surface area contributed by atoms with Crippen LogP contribution in [0, 0.1) is 6.92 Å². The lowest BCUT2D eigenvalue weighted by atomic mass is 10.1. The molecule has 26 heavy (non-hydrogen) atoms. The van der Waals surface area contributed by atoms with E-state index in [2.05, 4.69) is 10.3 Å². The molecule has 2 heterocycles. The Hall–Kier alpha value is -2.94. The molecular weight excluding hydrogens is 360 g/mol. The van der Waals surface area contributed by atoms with E-state index in [1.165, 1.54) is 30.4 Å². The Kier molecular flexibility index (Phi) is 5.17. The third-order valence-corrected chi connectivity index (χ3v) is 4.34. The maximum absolute atomic E-state index is 12.1. The summed E-state index contributed by atoms with van der Waals surface area (Å²) < 4.78 is 15.4. The predicted octanol–water partition coefficient (Wildman–Crippen LogP) is 2.11. The van der Waals surface area contributed by atoms with E-state index < -0.39 is 18.5 Å². The minimum Gasteiger partial charge on any atom is -0.455 e. The van der Waals surface area contributed by atoms with Crippen molar-refractivity contribution in [3.8, 4) is 11.5 Å². The topological polar surface area (TPSA) is 104 Å². The van der Waals surface area contributed by atoms with E-state index in [1.54, 1.807) is 5.38 Å². The summed E-state index contributed by atoms with van der Waals surface area (Å²) in [6.07, 6.45) is 0.000337. The molecule has 1 amide bonds. The number of thiazole rings is 1. The number of fused-ring (bicyclic) bond motifs is 1. The van der Waals surface area contributed by atoms with Gasteiger partial charge in [-0.1, -0.05) is 0 Å². The molecule has 0 saturated heterocycles. The van der Waals surface area contributed by atoms with Gasteiger partial charge in [-0.05, 0) is 19.9 Å². The first kappa shape index (κ1) is 17.9. The molecular formula is C17H16N2O6S. The number of anilines is 1. The predicted molar refractivity (Wildman–Crippen MR) is 92.7 cm³/mol. The van der Waals surface area contributed by atoms with Gasteiger partial charge in [0.15, 0.2) is 23.9 Å². The van der Waals surface area contributed by atoms with Crippen LogP contribution in [0.15, 0.2) is 17.5 Å². The number of nitrogens with one attached hydrogen (secondary N) is 1. The molecule has 1 N–H and O–H groups in total. The lowest BCUT2D eigenvalue weighted by molar-refractivity contribution is -0.146. The summed E-state index contributed by atoms with van der Waals surface area (Å²) in [7, 11) is 0. The first-order chi connectivity index (χ1) is 12.4. The molecule has 0 spiro atoms. The molecule has 0 bridgehead atoms. The van der Waals surface area contributed by atoms with Gasteiger partial charge in [-0.3, -0.25) is 14.4 Å². The van der Waals surface area contributed by atoms with E-state index in [9.17, 15) is 14.4 Å². The van der Waals surface area contributed by atoms with Crippen molar-refractivity contribution in [1.82, 2.24) is 4.98 Å². The lowest BCUT2D eigenvalue weighted by Gasteiger charge is -2.11. The maximum atomic E-state index is 12.1. The van der Waals surface area contributed by atoms with Gasteiger partial charge in [0.1, 0.15) is 0 Å². The zero-order chi connectivity index (χ0) is 18.7. The minimum atomic E-state index is -0.561. The van der Waals surface area contributed by atoms with Crippen molar-refractivity contribution in [1.29, 1.82) is 0 Å². The second kappa shape index (κ2) is 7.52. The first-order valence-electron chi connectivity index (χ1n) is 7.73. The molecule has 1 aliphatic rings. The summed E-state index contributed by atoms with van der Waals surface area (Å²) in [5.74, 6) is -0.481. The summed E-state index contributed by atoms with van der Waals surface area (Å²) >= 11 is 1.43. The van der Waals surface area contributed by atoms with Crippen LogP contribution in [-0.2, 0) is 20.7 Å². The number of rotatable bonds is 6. The van der Waals surface area contributed by atoms with Crippen LogP contribution in [0.3, 0.4) is 0 Å². The van der Waals surface area contributed by atoms with Crippen LogP contribution in [0.5, 0.6) is 11.5 Å². The number of aryl methyl sites for hydroxylation is 1. The molecule has 1 aromatic heterocycles. The average molecular weight is 376 g/mol. The van der Waals surface area contributed by atoms with E-state index in [-0.39, 0.29) is 30.2 Å². The molecule has 9 heteroatoms. The molecule has 1 aliphatic heterocycles. The van der Waals surface area contributed by atoms with Crippen molar-refractivity contribution in [2.45, 2.75) is 20.3 Å². The number of aromatic nitrogens is 1. The minimum absolute atomic E-state index is 0.000337. The summed E-state index contributed by atoms with van der Waals surface area (Å²) in [6, 6.07) is 3.02. The molecule has 136 valence electrons. The summed E-state index contributed by atoms with van der Waals surface area (Å²) in [6.45, 7) is 2.81. The number of Topliss-reactive ketones (excluding diaryl/α,β-unsaturated/α-hetero) is 1. The number of esters is 1. The molecule has 0 unspecified atom stereocenters. The highest BCUT2D eigenvalue weighted by molar-refractivity contribution is 7.09. The fraction of sp³-hybridized carbons (Fsp3) is 0.294. The smallest absolute Gasteiger partial charge is 0.312 e. The molecule has 2 aromatic rings. The van der Waals surface area contributed by atoms with Crippen molar-refractivity contribution in [3.63, 3.8) is 0 Å². The Balaban J connectivity index is 1.59. The quantitative estimate of drug-likeness (QED) is 0.608. The Bertz CT molecular complexity index is 876. The van der Waals surface area contributed by atoms with Crippen LogP contribution in [-0.4, -0.2) is 36.0 Å². The van der Waals surface area contributed by atoms with Crippen molar-refractivity contribution in [3.05, 3.63) is 33.8 Å². The van der Waals surface area contributed by atoms with Gasteiger partial charge in [0.05, 0.1) is 22.8 Å². The van der Waals surface area contributed by atoms with Gasteiger partial charge in [-0.2, -0.15) is 0 Å². The van der Waals surface area contributed by atoms with Gasteiger partial charge in [-0.15, -0.1) is 11.3 Å². The second-order valence-electron chi connectivity index (χ2n) is 5.55. The number of hydrogen-bond donors (Lipinski definition) is 1. The highest BCUT2D eigenvalue weighted by Crippen LogP contribution is 2.37. The average Bonchev–Trinajstić information content (AvgIpc) is 3.20. The molecule has 3 rings (SSSR count). The van der Waals surface area contributed by atoms with Crippen LogP contribution in [0.25, 0.3) is 0 Å². The maximum Gasteiger partial charge on any atom is 0.312 e. The molecule has 0 saturated carbocycles. The summed E-state index contributed by atoms with van der Waals surface area (Å²) in [5, 5.41) is 5.18. The van der Waals surface area contributed by atoms with Crippen molar-refractivity contribution in [2.75, 3.05) is 18.7 Å². The highest BCUT2D eigenvalue weighted by Gasteiger charge is 2.20. The van der Waals surface area contributed by atoms with Gasteiger partial charge >= 0.3 is 5.97 Å². The molecule has 0 atom stereocenters. The van der Waals surface area contributed by atoms with Gasteiger partial charge < -0.3 is 19.5 Å². The lowest BCUT2D eigenvalue weighted by Crippen LogP contribution is -2.22. The molecule has 1 aromatic carbocycles. The number of amides is 1. The zero-order valence-corrected chi connectivity index (χ0v) is 15.0. The third kappa shape index (κ3) is 4.17. The van der Waals surface area contributed by atoms with E-state index in [0.29, 0.717) is 17.2 Å². The monoisotopic (exact) mass is 376 g/mol. The molecule has 0 fully saturated rings. The van der Waals surface area contributed by atoms with Gasteiger partial charge in [0.2, 0.25) is 6.79 Å². The number of carbonyl (C=O) groups excluding carboxylic acids is 3. The third-order valence-electron chi connectivity index (χ3n) is 3.52. The number of carbonyl (C=O) groups is 3. The van der Waals surface area contributed by atoms with E-state index in [1.807, 2.05) is 6.92 Å². The second-order valence-corrected chi connectivity index (χ2v) is 6.61. The number of nitrogens with zero attached hydrogens (tertiary/aromatic N) is 1. The van der Waals surface area contributed by atoms with E-state index >= 15 is 0 Å². The number of ketones is 1. The largest absolute Gasteiger partial charge is 0.455 e. The first-order valence-corrected chi connectivity index (χ1v) is 8.61. The van der Waals surface area contributed by atoms with Crippen LogP contribution < -0.4 is 14.8 Å². The van der Waals surface area contributed by atoms with Gasteiger partial charge in [0.25, 0.3) is 5.91 Å². The van der Waals surface area contributed by atoms with Crippen molar-refractivity contribution in [2.24, 2.45) is 0 Å². The van der Waals surface area contributed by atoms with E-state index in [4.69, 9.17) is 14.2 Å². The fourth-order valence-corrected chi connectivity index (χ4v) is 2.97. The Labute approximate surface area is 153 Å².